The van der Waals surface area contributed by atoms with Crippen molar-refractivity contribution in [1.82, 2.24) is 20.0 Å². The van der Waals surface area contributed by atoms with Crippen molar-refractivity contribution in [2.24, 2.45) is 12.8 Å². The van der Waals surface area contributed by atoms with Crippen LogP contribution in [0, 0.1) is 6.92 Å². The second kappa shape index (κ2) is 6.37. The number of nitrogens with zero attached hydrogens (tertiary/aromatic N) is 3. The molecule has 2 aromatic rings. The van der Waals surface area contributed by atoms with Gasteiger partial charge in [-0.3, -0.25) is 14.3 Å². The van der Waals surface area contributed by atoms with Gasteiger partial charge in [0.1, 0.15) is 0 Å². The van der Waals surface area contributed by atoms with E-state index in [1.807, 2.05) is 31.9 Å². The third kappa shape index (κ3) is 2.94. The largest absolute Gasteiger partial charge is 0.366 e. The zero-order valence-corrected chi connectivity index (χ0v) is 14.8. The minimum absolute atomic E-state index is 0.00419. The fourth-order valence-corrected chi connectivity index (χ4v) is 3.94. The number of rotatable bonds is 5. The molecule has 3 rings (SSSR count). The Morgan fingerprint density at radius 2 is 2.25 bits per heavy atom. The molecule has 1 aliphatic heterocycles. The van der Waals surface area contributed by atoms with E-state index in [1.54, 1.807) is 16.3 Å². The van der Waals surface area contributed by atoms with Gasteiger partial charge in [-0.05, 0) is 13.0 Å². The molecular weight excluding hydrogens is 326 g/mol. The van der Waals surface area contributed by atoms with Gasteiger partial charge in [-0.25, -0.2) is 0 Å². The number of likely N-dealkylation sites (tertiary alicyclic amines) is 1. The van der Waals surface area contributed by atoms with E-state index in [0.29, 0.717) is 18.5 Å². The number of carbonyl (C=O) groups excluding carboxylic acids is 2. The second-order valence-corrected chi connectivity index (χ2v) is 7.11. The van der Waals surface area contributed by atoms with Gasteiger partial charge in [0.25, 0.3) is 0 Å². The maximum atomic E-state index is 12.2. The second-order valence-electron chi connectivity index (χ2n) is 6.12. The van der Waals surface area contributed by atoms with E-state index in [2.05, 4.69) is 10.4 Å². The van der Waals surface area contributed by atoms with Crippen LogP contribution in [-0.4, -0.2) is 39.6 Å². The molecule has 0 saturated carbocycles. The maximum Gasteiger partial charge on any atom is 0.249 e. The lowest BCUT2D eigenvalue weighted by Gasteiger charge is -2.25. The molecule has 0 radical (unpaired) electrons. The first kappa shape index (κ1) is 16.7. The van der Waals surface area contributed by atoms with E-state index in [-0.39, 0.29) is 18.0 Å². The Morgan fingerprint density at radius 3 is 2.83 bits per heavy atom. The van der Waals surface area contributed by atoms with Crippen molar-refractivity contribution in [1.29, 1.82) is 0 Å². The highest BCUT2D eigenvalue weighted by Gasteiger charge is 2.39. The standard InChI is InChI=1S/C16H21N5O2S/c1-9-12(7-19-21(9)3)15-13(5-14(22)20(15)2)18-6-11-4-10(8-24-11)16(17)23/h4,7-8,13,15,18H,5-6H2,1-3H3,(H2,17,23)/t13-,15+/m1/s1. The summed E-state index contributed by atoms with van der Waals surface area (Å²) < 4.78 is 1.82. The van der Waals surface area contributed by atoms with Gasteiger partial charge >= 0.3 is 0 Å². The van der Waals surface area contributed by atoms with Crippen molar-refractivity contribution in [3.63, 3.8) is 0 Å². The average molecular weight is 347 g/mol. The Balaban J connectivity index is 1.76. The molecule has 24 heavy (non-hydrogen) atoms. The first-order valence-electron chi connectivity index (χ1n) is 7.73. The predicted octanol–water partition coefficient (Wildman–Crippen LogP) is 0.951. The molecule has 8 heteroatoms. The molecule has 0 unspecified atom stereocenters. The van der Waals surface area contributed by atoms with E-state index in [4.69, 9.17) is 5.73 Å². The number of primary amides is 1. The van der Waals surface area contributed by atoms with E-state index in [9.17, 15) is 9.59 Å². The normalized spacial score (nSPS) is 20.8. The molecule has 128 valence electrons. The topological polar surface area (TPSA) is 93.2 Å². The highest BCUT2D eigenvalue weighted by molar-refractivity contribution is 7.10. The summed E-state index contributed by atoms with van der Waals surface area (Å²) in [5.74, 6) is -0.304. The fourth-order valence-electron chi connectivity index (χ4n) is 3.12. The first-order chi connectivity index (χ1) is 11.4. The minimum Gasteiger partial charge on any atom is -0.366 e. The molecule has 0 spiro atoms. The van der Waals surface area contributed by atoms with Gasteiger partial charge in [-0.2, -0.15) is 5.10 Å². The van der Waals surface area contributed by atoms with Crippen molar-refractivity contribution in [3.05, 3.63) is 39.3 Å². The first-order valence-corrected chi connectivity index (χ1v) is 8.61. The Morgan fingerprint density at radius 1 is 1.50 bits per heavy atom. The van der Waals surface area contributed by atoms with Crippen LogP contribution in [0.2, 0.25) is 0 Å². The summed E-state index contributed by atoms with van der Waals surface area (Å²) in [6.07, 6.45) is 2.28. The van der Waals surface area contributed by atoms with Crippen LogP contribution >= 0.6 is 11.3 Å². The molecule has 2 amide bonds. The number of carbonyl (C=O) groups is 2. The molecular formula is C16H21N5O2S. The molecule has 3 heterocycles. The van der Waals surface area contributed by atoms with E-state index in [1.165, 1.54) is 11.3 Å². The third-order valence-corrected chi connectivity index (χ3v) is 5.59. The summed E-state index contributed by atoms with van der Waals surface area (Å²) >= 11 is 1.49. The Kier molecular flexibility index (Phi) is 4.42. The van der Waals surface area contributed by atoms with Gasteiger partial charge in [0.2, 0.25) is 11.8 Å². The molecule has 2 aromatic heterocycles. The highest BCUT2D eigenvalue weighted by atomic mass is 32.1. The van der Waals surface area contributed by atoms with Gasteiger partial charge in [0, 0.05) is 54.6 Å². The summed E-state index contributed by atoms with van der Waals surface area (Å²) in [6, 6.07) is 1.76. The molecule has 1 fully saturated rings. The zero-order chi connectivity index (χ0) is 17.4. The number of nitrogens with one attached hydrogen (secondary N) is 1. The summed E-state index contributed by atoms with van der Waals surface area (Å²) in [5, 5.41) is 9.51. The van der Waals surface area contributed by atoms with Crippen LogP contribution in [-0.2, 0) is 18.4 Å². The molecule has 2 atom stereocenters. The molecule has 1 aliphatic rings. The van der Waals surface area contributed by atoms with Gasteiger partial charge in [-0.1, -0.05) is 0 Å². The lowest BCUT2D eigenvalue weighted by Crippen LogP contribution is -2.34. The van der Waals surface area contributed by atoms with Crippen molar-refractivity contribution in [2.75, 3.05) is 7.05 Å². The zero-order valence-electron chi connectivity index (χ0n) is 13.9. The number of thiophene rings is 1. The third-order valence-electron chi connectivity index (χ3n) is 4.65. The molecule has 1 saturated heterocycles. The van der Waals surface area contributed by atoms with Crippen LogP contribution in [0.25, 0.3) is 0 Å². The van der Waals surface area contributed by atoms with Crippen LogP contribution < -0.4 is 11.1 Å². The van der Waals surface area contributed by atoms with Crippen LogP contribution in [0.3, 0.4) is 0 Å². The quantitative estimate of drug-likeness (QED) is 0.842. The van der Waals surface area contributed by atoms with Crippen LogP contribution in [0.1, 0.15) is 39.0 Å². The summed E-state index contributed by atoms with van der Waals surface area (Å²) in [7, 11) is 3.73. The smallest absolute Gasteiger partial charge is 0.249 e. The molecule has 0 bridgehead atoms. The SMILES string of the molecule is Cc1c([C@H]2[C@H](NCc3cc(C(N)=O)cs3)CC(=O)N2C)cnn1C. The Bertz CT molecular complexity index is 781. The van der Waals surface area contributed by atoms with E-state index < -0.39 is 5.91 Å². The van der Waals surface area contributed by atoms with Crippen LogP contribution in [0.5, 0.6) is 0 Å². The molecule has 7 nitrogen and oxygen atoms in total. The summed E-state index contributed by atoms with van der Waals surface area (Å²) in [6.45, 7) is 2.61. The number of aryl methyl sites for hydroxylation is 1. The van der Waals surface area contributed by atoms with Gasteiger partial charge in [0.15, 0.2) is 0 Å². The van der Waals surface area contributed by atoms with E-state index >= 15 is 0 Å². The van der Waals surface area contributed by atoms with Crippen LogP contribution in [0.15, 0.2) is 17.6 Å². The van der Waals surface area contributed by atoms with Crippen LogP contribution in [0.4, 0.5) is 0 Å². The fraction of sp³-hybridized carbons (Fsp3) is 0.438. The van der Waals surface area contributed by atoms with Crippen molar-refractivity contribution in [2.45, 2.75) is 32.0 Å². The van der Waals surface area contributed by atoms with Gasteiger partial charge in [0.05, 0.1) is 17.8 Å². The minimum atomic E-state index is -0.419. The lowest BCUT2D eigenvalue weighted by molar-refractivity contribution is -0.127. The Labute approximate surface area is 144 Å². The number of likely N-dealkylation sites (N-methyl/N-ethyl adjacent to an activating group) is 1. The molecule has 0 aromatic carbocycles. The number of hydrogen-bond donors (Lipinski definition) is 2. The number of aromatic nitrogens is 2. The Hall–Kier alpha value is -2.19. The average Bonchev–Trinajstić information content (AvgIpc) is 3.20. The van der Waals surface area contributed by atoms with E-state index in [0.717, 1.165) is 16.1 Å². The predicted molar refractivity (Wildman–Crippen MR) is 91.5 cm³/mol. The van der Waals surface area contributed by atoms with Gasteiger partial charge < -0.3 is 16.0 Å². The van der Waals surface area contributed by atoms with Crippen molar-refractivity contribution >= 4 is 23.2 Å². The number of amides is 2. The highest BCUT2D eigenvalue weighted by Crippen LogP contribution is 2.33. The monoisotopic (exact) mass is 347 g/mol. The molecule has 0 aliphatic carbocycles. The van der Waals surface area contributed by atoms with Gasteiger partial charge in [-0.15, -0.1) is 11.3 Å². The maximum absolute atomic E-state index is 12.2. The molecule has 3 N–H and O–H groups in total. The van der Waals surface area contributed by atoms with Crippen molar-refractivity contribution in [3.8, 4) is 0 Å². The number of nitrogens with two attached hydrogens (primary N) is 1. The summed E-state index contributed by atoms with van der Waals surface area (Å²) in [4.78, 5) is 26.2. The van der Waals surface area contributed by atoms with Crippen molar-refractivity contribution < 1.29 is 9.59 Å². The lowest BCUT2D eigenvalue weighted by atomic mass is 10.0. The summed E-state index contributed by atoms with van der Waals surface area (Å²) in [5.41, 5.74) is 7.93. The number of hydrogen-bond acceptors (Lipinski definition) is 5.